The zero-order valence-corrected chi connectivity index (χ0v) is 24.0. The second kappa shape index (κ2) is 10.6. The first-order valence-corrected chi connectivity index (χ1v) is 14.4. The van der Waals surface area contributed by atoms with Crippen LogP contribution in [0.15, 0.2) is 42.6 Å². The Labute approximate surface area is 237 Å². The summed E-state index contributed by atoms with van der Waals surface area (Å²) >= 11 is 0. The number of nitriles is 1. The molecular formula is C30H39BN8O. The van der Waals surface area contributed by atoms with Crippen LogP contribution >= 0.6 is 0 Å². The molecule has 5 heterocycles. The van der Waals surface area contributed by atoms with Crippen LogP contribution < -0.4 is 15.0 Å². The molecule has 3 aliphatic heterocycles. The van der Waals surface area contributed by atoms with E-state index in [9.17, 15) is 10.3 Å². The number of pyridine rings is 2. The Bertz CT molecular complexity index is 1430. The molecule has 2 atom stereocenters. The van der Waals surface area contributed by atoms with Crippen LogP contribution in [0, 0.1) is 18.3 Å². The quantitative estimate of drug-likeness (QED) is 0.459. The van der Waals surface area contributed by atoms with Crippen molar-refractivity contribution in [2.45, 2.75) is 51.8 Å². The molecule has 9 nitrogen and oxygen atoms in total. The molecule has 2 aromatic heterocycles. The van der Waals surface area contributed by atoms with E-state index < -0.39 is 7.05 Å². The minimum absolute atomic E-state index is 0.0757. The van der Waals surface area contributed by atoms with Crippen LogP contribution in [0.3, 0.4) is 0 Å². The standard InChI is InChI=1S/C30H39BN8O/c1-21-15-37(27-9-7-23(14-32)29-26(27)6-5-11-33-29)18-25-17-36(12-13-39(21)25)16-24-8-10-28(34-22(24)2)38-19-30(3,20-38)35-31(4)40/h5-11,21,25,35,40H,12-13,15-20H2,1-4H3/t21-,25+/m1/s1. The maximum absolute atomic E-state index is 9.70. The number of piperazine rings is 2. The molecule has 40 heavy (non-hydrogen) atoms. The van der Waals surface area contributed by atoms with E-state index >= 15 is 0 Å². The van der Waals surface area contributed by atoms with Crippen molar-refractivity contribution in [3.05, 3.63) is 59.4 Å². The van der Waals surface area contributed by atoms with Crippen molar-refractivity contribution in [1.82, 2.24) is 25.0 Å². The highest BCUT2D eigenvalue weighted by Crippen LogP contribution is 2.32. The summed E-state index contributed by atoms with van der Waals surface area (Å²) < 4.78 is 0. The van der Waals surface area contributed by atoms with E-state index in [-0.39, 0.29) is 5.54 Å². The van der Waals surface area contributed by atoms with Gasteiger partial charge in [0, 0.05) is 92.9 Å². The van der Waals surface area contributed by atoms with Crippen molar-refractivity contribution in [2.24, 2.45) is 0 Å². The largest absolute Gasteiger partial charge is 0.437 e. The highest BCUT2D eigenvalue weighted by molar-refractivity contribution is 6.45. The van der Waals surface area contributed by atoms with Gasteiger partial charge >= 0.3 is 7.05 Å². The van der Waals surface area contributed by atoms with Crippen molar-refractivity contribution < 1.29 is 5.02 Å². The molecule has 6 rings (SSSR count). The van der Waals surface area contributed by atoms with Crippen molar-refractivity contribution in [3.63, 3.8) is 0 Å². The van der Waals surface area contributed by atoms with Gasteiger partial charge in [-0.3, -0.25) is 14.8 Å². The molecule has 0 unspecified atom stereocenters. The zero-order valence-electron chi connectivity index (χ0n) is 24.0. The van der Waals surface area contributed by atoms with Crippen LogP contribution in [0.4, 0.5) is 11.5 Å². The van der Waals surface area contributed by atoms with Crippen molar-refractivity contribution >= 4 is 29.5 Å². The lowest BCUT2D eigenvalue weighted by Gasteiger charge is -2.51. The van der Waals surface area contributed by atoms with Crippen LogP contribution in [0.5, 0.6) is 0 Å². The first-order valence-electron chi connectivity index (χ1n) is 14.4. The van der Waals surface area contributed by atoms with Gasteiger partial charge in [0.15, 0.2) is 0 Å². The summed E-state index contributed by atoms with van der Waals surface area (Å²) in [6.45, 7) is 16.0. The molecule has 1 aromatic carbocycles. The summed E-state index contributed by atoms with van der Waals surface area (Å²) in [5.74, 6) is 1.01. The lowest BCUT2D eigenvalue weighted by Crippen LogP contribution is -2.70. The average molecular weight is 539 g/mol. The first-order chi connectivity index (χ1) is 19.2. The highest BCUT2D eigenvalue weighted by Gasteiger charge is 2.41. The molecular weight excluding hydrogens is 499 g/mol. The number of fused-ring (bicyclic) bond motifs is 2. The minimum atomic E-state index is -0.510. The monoisotopic (exact) mass is 538 g/mol. The summed E-state index contributed by atoms with van der Waals surface area (Å²) in [4.78, 5) is 19.5. The lowest BCUT2D eigenvalue weighted by molar-refractivity contribution is 0.0316. The Morgan fingerprint density at radius 1 is 1.12 bits per heavy atom. The number of anilines is 2. The van der Waals surface area contributed by atoms with Crippen LogP contribution in [-0.4, -0.2) is 95.3 Å². The van der Waals surface area contributed by atoms with Gasteiger partial charge in [0.2, 0.25) is 0 Å². The normalized spacial score (nSPS) is 23.0. The van der Waals surface area contributed by atoms with E-state index in [2.05, 4.69) is 80.9 Å². The van der Waals surface area contributed by atoms with Gasteiger partial charge in [-0.25, -0.2) is 4.98 Å². The Hall–Kier alpha value is -3.23. The van der Waals surface area contributed by atoms with E-state index in [1.807, 2.05) is 12.1 Å². The predicted octanol–water partition coefficient (Wildman–Crippen LogP) is 2.48. The average Bonchev–Trinajstić information content (AvgIpc) is 2.91. The summed E-state index contributed by atoms with van der Waals surface area (Å²) in [6.07, 6.45) is 1.77. The summed E-state index contributed by atoms with van der Waals surface area (Å²) in [5.41, 5.74) is 4.89. The Morgan fingerprint density at radius 3 is 2.70 bits per heavy atom. The number of aryl methyl sites for hydroxylation is 1. The number of rotatable bonds is 6. The maximum atomic E-state index is 9.70. The summed E-state index contributed by atoms with van der Waals surface area (Å²) in [6, 6.07) is 15.6. The molecule has 3 saturated heterocycles. The van der Waals surface area contributed by atoms with Crippen molar-refractivity contribution in [1.29, 1.82) is 5.26 Å². The number of aromatic nitrogens is 2. The van der Waals surface area contributed by atoms with Gasteiger partial charge in [-0.1, -0.05) is 6.07 Å². The Kier molecular flexibility index (Phi) is 7.17. The molecule has 10 heteroatoms. The van der Waals surface area contributed by atoms with Gasteiger partial charge < -0.3 is 20.1 Å². The van der Waals surface area contributed by atoms with Gasteiger partial charge in [0.1, 0.15) is 11.9 Å². The molecule has 3 fully saturated rings. The van der Waals surface area contributed by atoms with E-state index in [4.69, 9.17) is 4.98 Å². The number of nitrogens with zero attached hydrogens (tertiary/aromatic N) is 7. The Balaban J connectivity index is 1.13. The molecule has 0 saturated carbocycles. The number of hydrogen-bond acceptors (Lipinski definition) is 9. The smallest absolute Gasteiger partial charge is 0.374 e. The Morgan fingerprint density at radius 2 is 1.95 bits per heavy atom. The van der Waals surface area contributed by atoms with Crippen LogP contribution in [0.2, 0.25) is 6.82 Å². The van der Waals surface area contributed by atoms with Gasteiger partial charge in [-0.2, -0.15) is 5.26 Å². The van der Waals surface area contributed by atoms with Gasteiger partial charge in [0.05, 0.1) is 11.1 Å². The molecule has 0 amide bonds. The topological polar surface area (TPSA) is 94.8 Å². The van der Waals surface area contributed by atoms with Crippen LogP contribution in [0.25, 0.3) is 10.9 Å². The highest BCUT2D eigenvalue weighted by atomic mass is 16.2. The van der Waals surface area contributed by atoms with Crippen molar-refractivity contribution in [2.75, 3.05) is 55.6 Å². The third kappa shape index (κ3) is 5.15. The zero-order chi connectivity index (χ0) is 28.0. The van der Waals surface area contributed by atoms with Gasteiger partial charge in [0.25, 0.3) is 0 Å². The SMILES string of the molecule is CB(O)NC1(C)CN(c2ccc(CN3CCN4[C@@H](C3)CN(c3ccc(C#N)c5ncccc35)C[C@H]4C)c(C)n2)C1. The number of benzene rings is 1. The van der Waals surface area contributed by atoms with Crippen LogP contribution in [0.1, 0.15) is 30.7 Å². The van der Waals surface area contributed by atoms with E-state index in [0.29, 0.717) is 17.6 Å². The minimum Gasteiger partial charge on any atom is -0.437 e. The second-order valence-electron chi connectivity index (χ2n) is 12.2. The van der Waals surface area contributed by atoms with Crippen LogP contribution in [-0.2, 0) is 6.54 Å². The molecule has 0 spiro atoms. The third-order valence-electron chi connectivity index (χ3n) is 8.84. The van der Waals surface area contributed by atoms with Gasteiger partial charge in [-0.15, -0.1) is 0 Å². The maximum Gasteiger partial charge on any atom is 0.374 e. The second-order valence-corrected chi connectivity index (χ2v) is 12.2. The molecule has 0 bridgehead atoms. The fourth-order valence-corrected chi connectivity index (χ4v) is 7.01. The number of hydrogen-bond donors (Lipinski definition) is 2. The molecule has 0 aliphatic carbocycles. The van der Waals surface area contributed by atoms with E-state index in [0.717, 1.165) is 74.8 Å². The molecule has 0 radical (unpaired) electrons. The number of nitrogens with one attached hydrogen (secondary N) is 1. The van der Waals surface area contributed by atoms with Crippen molar-refractivity contribution in [3.8, 4) is 6.07 Å². The molecule has 208 valence electrons. The van der Waals surface area contributed by atoms with Gasteiger partial charge in [-0.05, 0) is 63.5 Å². The lowest BCUT2D eigenvalue weighted by atomic mass is 9.79. The fourth-order valence-electron chi connectivity index (χ4n) is 7.01. The summed E-state index contributed by atoms with van der Waals surface area (Å²) in [5, 5.41) is 23.6. The third-order valence-corrected chi connectivity index (χ3v) is 8.84. The first kappa shape index (κ1) is 27.0. The van der Waals surface area contributed by atoms with E-state index in [1.165, 1.54) is 11.3 Å². The molecule has 3 aromatic rings. The molecule has 2 N–H and O–H groups in total. The summed E-state index contributed by atoms with van der Waals surface area (Å²) in [7, 11) is -0.510. The molecule has 3 aliphatic rings. The predicted molar refractivity (Wildman–Crippen MR) is 160 cm³/mol. The van der Waals surface area contributed by atoms with E-state index in [1.54, 1.807) is 13.0 Å². The fraction of sp³-hybridized carbons (Fsp3) is 0.500.